The maximum Gasteiger partial charge on any atom is 0.229 e. The molecule has 11 heteroatoms. The molecule has 9 nitrogen and oxygen atoms in total. The Hall–Kier alpha value is -3.05. The molecule has 0 unspecified atom stereocenters. The Kier molecular flexibility index (Phi) is 6.22. The van der Waals surface area contributed by atoms with Crippen molar-refractivity contribution in [1.29, 1.82) is 0 Å². The molecule has 2 aliphatic rings. The highest BCUT2D eigenvalue weighted by atomic mass is 32.2. The molecule has 1 aromatic carbocycles. The van der Waals surface area contributed by atoms with Gasteiger partial charge in [-0.2, -0.15) is 10.1 Å². The fourth-order valence-electron chi connectivity index (χ4n) is 4.58. The van der Waals surface area contributed by atoms with Crippen LogP contribution in [0.5, 0.6) is 0 Å². The predicted molar refractivity (Wildman–Crippen MR) is 133 cm³/mol. The second-order valence-corrected chi connectivity index (χ2v) is 11.7. The van der Waals surface area contributed by atoms with E-state index in [2.05, 4.69) is 30.8 Å². The van der Waals surface area contributed by atoms with Crippen molar-refractivity contribution in [2.24, 2.45) is 0 Å². The lowest BCUT2D eigenvalue weighted by Crippen LogP contribution is -2.39. The molecule has 1 aliphatic carbocycles. The van der Waals surface area contributed by atoms with Crippen LogP contribution in [0.3, 0.4) is 0 Å². The first-order chi connectivity index (χ1) is 16.7. The number of anilines is 4. The van der Waals surface area contributed by atoms with Crippen LogP contribution in [0.4, 0.5) is 27.7 Å². The van der Waals surface area contributed by atoms with Gasteiger partial charge in [0.1, 0.15) is 11.6 Å². The standard InChI is InChI=1S/C24H30FN7O2S/c1-14-10-21(27-24-26-13-15(2)23(29-24)28-22-11-16(3)30-31-22)20(25)12-19(14)17-6-8-32(9-7-17)35(33,34)18-4-5-18/h10-13,17-18H,4-9H2,1-3H3,(H3,26,27,28,29,30,31). The molecule has 3 heterocycles. The van der Waals surface area contributed by atoms with E-state index in [1.807, 2.05) is 26.8 Å². The molecule has 5 rings (SSSR count). The van der Waals surface area contributed by atoms with E-state index in [-0.39, 0.29) is 22.9 Å². The zero-order valence-corrected chi connectivity index (χ0v) is 20.9. The van der Waals surface area contributed by atoms with Gasteiger partial charge in [-0.05, 0) is 75.6 Å². The Balaban J connectivity index is 1.29. The van der Waals surface area contributed by atoms with Gasteiger partial charge < -0.3 is 10.6 Å². The number of benzene rings is 1. The molecule has 1 saturated heterocycles. The molecule has 0 bridgehead atoms. The monoisotopic (exact) mass is 499 g/mol. The van der Waals surface area contributed by atoms with Crippen LogP contribution in [0.1, 0.15) is 54.0 Å². The van der Waals surface area contributed by atoms with Gasteiger partial charge in [-0.1, -0.05) is 0 Å². The van der Waals surface area contributed by atoms with Crippen molar-refractivity contribution in [1.82, 2.24) is 24.5 Å². The zero-order chi connectivity index (χ0) is 24.7. The first kappa shape index (κ1) is 23.7. The molecule has 3 N–H and O–H groups in total. The number of halogens is 1. The Morgan fingerprint density at radius 1 is 1.03 bits per heavy atom. The largest absolute Gasteiger partial charge is 0.323 e. The predicted octanol–water partition coefficient (Wildman–Crippen LogP) is 4.42. The Morgan fingerprint density at radius 3 is 2.43 bits per heavy atom. The second-order valence-electron chi connectivity index (χ2n) is 9.52. The van der Waals surface area contributed by atoms with Gasteiger partial charge >= 0.3 is 0 Å². The third kappa shape index (κ3) is 5.01. The van der Waals surface area contributed by atoms with Gasteiger partial charge in [0.15, 0.2) is 5.82 Å². The number of hydrogen-bond donors (Lipinski definition) is 3. The molecule has 35 heavy (non-hydrogen) atoms. The maximum atomic E-state index is 15.1. The normalized spacial score (nSPS) is 17.5. The number of rotatable bonds is 7. The zero-order valence-electron chi connectivity index (χ0n) is 20.1. The third-order valence-corrected chi connectivity index (χ3v) is 9.12. The first-order valence-electron chi connectivity index (χ1n) is 11.9. The van der Waals surface area contributed by atoms with Gasteiger partial charge in [0.2, 0.25) is 16.0 Å². The molecule has 2 fully saturated rings. The van der Waals surface area contributed by atoms with Gasteiger partial charge in [-0.25, -0.2) is 22.1 Å². The second kappa shape index (κ2) is 9.19. The molecule has 0 amide bonds. The number of nitrogens with zero attached hydrogens (tertiary/aromatic N) is 4. The van der Waals surface area contributed by atoms with Crippen LogP contribution in [-0.2, 0) is 10.0 Å². The van der Waals surface area contributed by atoms with E-state index in [1.165, 1.54) is 0 Å². The van der Waals surface area contributed by atoms with Crippen molar-refractivity contribution >= 4 is 33.3 Å². The molecule has 0 spiro atoms. The SMILES string of the molecule is Cc1cc(Nc2nc(Nc3cc(C)c(C4CCN(S(=O)(=O)C5CC5)CC4)cc3F)ncc2C)n[nH]1. The van der Waals surface area contributed by atoms with Crippen molar-refractivity contribution in [3.05, 3.63) is 52.6 Å². The lowest BCUT2D eigenvalue weighted by Gasteiger charge is -2.32. The number of aromatic nitrogens is 4. The Morgan fingerprint density at radius 2 is 1.77 bits per heavy atom. The number of nitrogens with one attached hydrogen (secondary N) is 3. The summed E-state index contributed by atoms with van der Waals surface area (Å²) in [5.74, 6) is 1.23. The summed E-state index contributed by atoms with van der Waals surface area (Å²) in [4.78, 5) is 8.78. The third-order valence-electron chi connectivity index (χ3n) is 6.73. The van der Waals surface area contributed by atoms with Crippen LogP contribution in [0, 0.1) is 26.6 Å². The minimum atomic E-state index is -3.16. The highest BCUT2D eigenvalue weighted by Crippen LogP contribution is 2.37. The number of piperidine rings is 1. The summed E-state index contributed by atoms with van der Waals surface area (Å²) in [5.41, 5.74) is 3.93. The molecule has 186 valence electrons. The average molecular weight is 500 g/mol. The van der Waals surface area contributed by atoms with Crippen LogP contribution in [0.15, 0.2) is 24.4 Å². The van der Waals surface area contributed by atoms with Crippen molar-refractivity contribution in [3.8, 4) is 0 Å². The van der Waals surface area contributed by atoms with E-state index >= 15 is 4.39 Å². The fraction of sp³-hybridized carbons (Fsp3) is 0.458. The molecular formula is C24H30FN7O2S. The molecule has 0 radical (unpaired) electrons. The lowest BCUT2D eigenvalue weighted by molar-refractivity contribution is 0.318. The van der Waals surface area contributed by atoms with Crippen LogP contribution < -0.4 is 10.6 Å². The van der Waals surface area contributed by atoms with Crippen molar-refractivity contribution in [2.45, 2.75) is 57.6 Å². The minimum Gasteiger partial charge on any atom is -0.323 e. The van der Waals surface area contributed by atoms with E-state index in [0.717, 1.165) is 35.2 Å². The Labute approximate surface area is 204 Å². The van der Waals surface area contributed by atoms with E-state index in [0.29, 0.717) is 43.3 Å². The fourth-order valence-corrected chi connectivity index (χ4v) is 6.46. The number of aryl methyl sites for hydroxylation is 3. The molecule has 0 atom stereocenters. The summed E-state index contributed by atoms with van der Waals surface area (Å²) < 4.78 is 41.8. The maximum absolute atomic E-state index is 15.1. The number of sulfonamides is 1. The number of hydrogen-bond acceptors (Lipinski definition) is 7. The molecule has 2 aromatic heterocycles. The summed E-state index contributed by atoms with van der Waals surface area (Å²) in [6, 6.07) is 5.20. The van der Waals surface area contributed by atoms with Crippen LogP contribution in [-0.4, -0.2) is 51.2 Å². The highest BCUT2D eigenvalue weighted by molar-refractivity contribution is 7.90. The molecular weight excluding hydrogens is 469 g/mol. The summed E-state index contributed by atoms with van der Waals surface area (Å²) in [6.45, 7) is 6.73. The van der Waals surface area contributed by atoms with Gasteiger partial charge in [0.05, 0.1) is 10.9 Å². The summed E-state index contributed by atoms with van der Waals surface area (Å²) >= 11 is 0. The topological polar surface area (TPSA) is 116 Å². The van der Waals surface area contributed by atoms with Gasteiger partial charge in [-0.3, -0.25) is 5.10 Å². The summed E-state index contributed by atoms with van der Waals surface area (Å²) in [5, 5.41) is 13.0. The van der Waals surface area contributed by atoms with Crippen LogP contribution in [0.2, 0.25) is 0 Å². The van der Waals surface area contributed by atoms with E-state index in [9.17, 15) is 8.42 Å². The molecule has 3 aromatic rings. The quantitative estimate of drug-likeness (QED) is 0.441. The van der Waals surface area contributed by atoms with Gasteiger partial charge in [0, 0.05) is 36.6 Å². The van der Waals surface area contributed by atoms with Crippen molar-refractivity contribution in [2.75, 3.05) is 23.7 Å². The summed E-state index contributed by atoms with van der Waals surface area (Å²) in [7, 11) is -3.16. The minimum absolute atomic E-state index is 0.132. The van der Waals surface area contributed by atoms with E-state index < -0.39 is 10.0 Å². The molecule has 1 aliphatic heterocycles. The van der Waals surface area contributed by atoms with Gasteiger partial charge in [-0.15, -0.1) is 0 Å². The van der Waals surface area contributed by atoms with E-state index in [1.54, 1.807) is 22.6 Å². The smallest absolute Gasteiger partial charge is 0.229 e. The van der Waals surface area contributed by atoms with E-state index in [4.69, 9.17) is 0 Å². The number of aromatic amines is 1. The van der Waals surface area contributed by atoms with Crippen LogP contribution >= 0.6 is 0 Å². The average Bonchev–Trinajstić information content (AvgIpc) is 3.61. The summed E-state index contributed by atoms with van der Waals surface area (Å²) in [6.07, 6.45) is 4.60. The number of H-pyrrole nitrogens is 1. The highest BCUT2D eigenvalue weighted by Gasteiger charge is 2.41. The molecule has 1 saturated carbocycles. The van der Waals surface area contributed by atoms with Crippen molar-refractivity contribution in [3.63, 3.8) is 0 Å². The first-order valence-corrected chi connectivity index (χ1v) is 13.4. The lowest BCUT2D eigenvalue weighted by atomic mass is 9.87. The van der Waals surface area contributed by atoms with Crippen LogP contribution in [0.25, 0.3) is 0 Å². The Bertz CT molecular complexity index is 1350. The van der Waals surface area contributed by atoms with Gasteiger partial charge in [0.25, 0.3) is 0 Å². The van der Waals surface area contributed by atoms with Crippen molar-refractivity contribution < 1.29 is 12.8 Å².